The van der Waals surface area contributed by atoms with E-state index in [1.807, 2.05) is 13.0 Å². The smallest absolute Gasteiger partial charge is 0.263 e. The number of halogens is 2. The number of rotatable bonds is 3. The third kappa shape index (κ3) is 3.33. The van der Waals surface area contributed by atoms with E-state index in [4.69, 9.17) is 0 Å². The molecule has 154 valence electrons. The van der Waals surface area contributed by atoms with Crippen LogP contribution in [0.2, 0.25) is 0 Å². The van der Waals surface area contributed by atoms with Gasteiger partial charge in [-0.05, 0) is 31.4 Å². The number of nitrogens with zero attached hydrogens (tertiary/aromatic N) is 4. The molecule has 7 nitrogen and oxygen atoms in total. The number of carbonyl (C=O) groups is 1. The van der Waals surface area contributed by atoms with Crippen LogP contribution in [0.5, 0.6) is 0 Å². The van der Waals surface area contributed by atoms with Gasteiger partial charge in [0.2, 0.25) is 5.13 Å². The molecule has 1 aliphatic carbocycles. The zero-order valence-electron chi connectivity index (χ0n) is 15.9. The van der Waals surface area contributed by atoms with E-state index in [1.54, 1.807) is 15.9 Å². The summed E-state index contributed by atoms with van der Waals surface area (Å²) in [4.78, 5) is 27.7. The molecule has 29 heavy (non-hydrogen) atoms. The summed E-state index contributed by atoms with van der Waals surface area (Å²) in [5.74, 6) is -2.81. The number of hydrogen-bond acceptors (Lipinski definition) is 6. The molecule has 2 aromatic rings. The molecule has 0 radical (unpaired) electrons. The van der Waals surface area contributed by atoms with Gasteiger partial charge >= 0.3 is 0 Å². The van der Waals surface area contributed by atoms with E-state index < -0.39 is 17.9 Å². The molecule has 0 spiro atoms. The number of carbonyl (C=O) groups excluding carboxylic acids is 1. The predicted molar refractivity (Wildman–Crippen MR) is 104 cm³/mol. The molecule has 2 fully saturated rings. The van der Waals surface area contributed by atoms with Crippen LogP contribution in [-0.4, -0.2) is 45.7 Å². The molecule has 0 unspecified atom stereocenters. The van der Waals surface area contributed by atoms with E-state index in [0.29, 0.717) is 6.54 Å². The molecule has 3 aliphatic rings. The second kappa shape index (κ2) is 6.58. The van der Waals surface area contributed by atoms with Gasteiger partial charge in [0.1, 0.15) is 10.6 Å². The Kier molecular flexibility index (Phi) is 4.23. The highest BCUT2D eigenvalue weighted by molar-refractivity contribution is 7.15. The molecule has 0 aromatic carbocycles. The maximum absolute atomic E-state index is 13.0. The highest BCUT2D eigenvalue weighted by Crippen LogP contribution is 2.38. The predicted octanol–water partition coefficient (Wildman–Crippen LogP) is 2.16. The summed E-state index contributed by atoms with van der Waals surface area (Å²) in [7, 11) is 0. The Bertz CT molecular complexity index is 1030. The first-order valence-corrected chi connectivity index (χ1v) is 10.6. The third-order valence-corrected chi connectivity index (χ3v) is 6.96. The van der Waals surface area contributed by atoms with Crippen LogP contribution in [-0.2, 0) is 6.54 Å². The normalized spacial score (nSPS) is 25.3. The van der Waals surface area contributed by atoms with Crippen molar-refractivity contribution in [2.24, 2.45) is 5.92 Å². The minimum absolute atomic E-state index is 0.0283. The summed E-state index contributed by atoms with van der Waals surface area (Å²) in [6.45, 7) is 4.03. The molecule has 1 saturated carbocycles. The van der Waals surface area contributed by atoms with Crippen molar-refractivity contribution >= 4 is 22.4 Å². The van der Waals surface area contributed by atoms with E-state index in [-0.39, 0.29) is 35.8 Å². The van der Waals surface area contributed by atoms with Gasteiger partial charge in [-0.25, -0.2) is 8.78 Å². The molecule has 2 atom stereocenters. The molecule has 5 rings (SSSR count). The first kappa shape index (κ1) is 18.7. The second-order valence-electron chi connectivity index (χ2n) is 8.33. The first-order chi connectivity index (χ1) is 13.8. The Balaban J connectivity index is 1.37. The fourth-order valence-corrected chi connectivity index (χ4v) is 5.42. The molecule has 2 aromatic heterocycles. The van der Waals surface area contributed by atoms with Crippen molar-refractivity contribution in [3.05, 3.63) is 38.8 Å². The van der Waals surface area contributed by atoms with Crippen LogP contribution < -0.4 is 15.8 Å². The van der Waals surface area contributed by atoms with Crippen molar-refractivity contribution in [2.45, 2.75) is 50.6 Å². The minimum atomic E-state index is -2.71. The van der Waals surface area contributed by atoms with Crippen molar-refractivity contribution in [1.29, 1.82) is 0 Å². The quantitative estimate of drug-likeness (QED) is 0.822. The molecule has 4 heterocycles. The SMILES string of the molecule is Cc1nnc(N2C[C@@H]3C[C@H](C2)c2ccc(C(=O)NC4CC(F)(F)C4)c(=O)n2C3)s1. The van der Waals surface area contributed by atoms with Crippen molar-refractivity contribution < 1.29 is 13.6 Å². The van der Waals surface area contributed by atoms with Crippen molar-refractivity contribution in [1.82, 2.24) is 20.1 Å². The topological polar surface area (TPSA) is 80.1 Å². The number of fused-ring (bicyclic) bond motifs is 4. The summed E-state index contributed by atoms with van der Waals surface area (Å²) < 4.78 is 27.7. The third-order valence-electron chi connectivity index (χ3n) is 6.06. The van der Waals surface area contributed by atoms with Crippen LogP contribution in [0.4, 0.5) is 13.9 Å². The van der Waals surface area contributed by atoms with Crippen molar-refractivity contribution in [3.8, 4) is 0 Å². The molecular formula is C19H21F2N5O2S. The minimum Gasteiger partial charge on any atom is -0.349 e. The van der Waals surface area contributed by atoms with E-state index in [0.717, 1.165) is 35.3 Å². The zero-order valence-corrected chi connectivity index (χ0v) is 16.7. The number of amides is 1. The lowest BCUT2D eigenvalue weighted by atomic mass is 9.83. The van der Waals surface area contributed by atoms with E-state index >= 15 is 0 Å². The van der Waals surface area contributed by atoms with Crippen LogP contribution >= 0.6 is 11.3 Å². The highest BCUT2D eigenvalue weighted by Gasteiger charge is 2.46. The molecule has 1 amide bonds. The Morgan fingerprint density at radius 2 is 2.03 bits per heavy atom. The Morgan fingerprint density at radius 3 is 2.72 bits per heavy atom. The number of aromatic nitrogens is 3. The van der Waals surface area contributed by atoms with Gasteiger partial charge in [-0.1, -0.05) is 11.3 Å². The molecule has 1 N–H and O–H groups in total. The van der Waals surface area contributed by atoms with Crippen LogP contribution in [0.25, 0.3) is 0 Å². The van der Waals surface area contributed by atoms with Gasteiger partial charge in [-0.2, -0.15) is 0 Å². The van der Waals surface area contributed by atoms with Crippen LogP contribution in [0, 0.1) is 12.8 Å². The van der Waals surface area contributed by atoms with Crippen LogP contribution in [0.3, 0.4) is 0 Å². The number of aryl methyl sites for hydroxylation is 1. The monoisotopic (exact) mass is 421 g/mol. The van der Waals surface area contributed by atoms with Gasteiger partial charge in [-0.15, -0.1) is 10.2 Å². The number of piperidine rings is 1. The fourth-order valence-electron chi connectivity index (χ4n) is 4.72. The van der Waals surface area contributed by atoms with Gasteiger partial charge in [0.15, 0.2) is 0 Å². The van der Waals surface area contributed by atoms with Crippen LogP contribution in [0.15, 0.2) is 16.9 Å². The van der Waals surface area contributed by atoms with Gasteiger partial charge in [0.25, 0.3) is 17.4 Å². The van der Waals surface area contributed by atoms with E-state index in [1.165, 1.54) is 6.07 Å². The fraction of sp³-hybridized carbons (Fsp3) is 0.579. The number of alkyl halides is 2. The van der Waals surface area contributed by atoms with Crippen molar-refractivity contribution in [3.63, 3.8) is 0 Å². The van der Waals surface area contributed by atoms with E-state index in [9.17, 15) is 18.4 Å². The molecular weight excluding hydrogens is 400 g/mol. The van der Waals surface area contributed by atoms with Gasteiger partial charge in [-0.3, -0.25) is 9.59 Å². The Hall–Kier alpha value is -2.36. The standard InChI is InChI=1S/C19H21F2N5O2S/c1-10-23-24-18(29-10)25-7-11-4-12(9-25)15-3-2-14(17(28)26(15)8-11)16(27)22-13-5-19(20,21)6-13/h2-3,11-13H,4-9H2,1H3,(H,22,27)/t11-,12+/m0/s1. The lowest BCUT2D eigenvalue weighted by molar-refractivity contribution is -0.0901. The summed E-state index contributed by atoms with van der Waals surface area (Å²) >= 11 is 1.57. The maximum Gasteiger partial charge on any atom is 0.263 e. The lowest BCUT2D eigenvalue weighted by Crippen LogP contribution is -2.52. The van der Waals surface area contributed by atoms with Crippen LogP contribution in [0.1, 0.15) is 46.2 Å². The summed E-state index contributed by atoms with van der Waals surface area (Å²) in [6, 6.07) is 2.80. The molecule has 2 aliphatic heterocycles. The Morgan fingerprint density at radius 1 is 1.24 bits per heavy atom. The second-order valence-corrected chi connectivity index (χ2v) is 9.49. The first-order valence-electron chi connectivity index (χ1n) is 9.76. The average Bonchev–Trinajstić information content (AvgIpc) is 3.07. The van der Waals surface area contributed by atoms with Gasteiger partial charge in [0, 0.05) is 50.1 Å². The summed E-state index contributed by atoms with van der Waals surface area (Å²) in [6.07, 6.45) is 0.266. The lowest BCUT2D eigenvalue weighted by Gasteiger charge is -2.42. The molecule has 10 heteroatoms. The molecule has 1 saturated heterocycles. The van der Waals surface area contributed by atoms with Crippen molar-refractivity contribution in [2.75, 3.05) is 18.0 Å². The highest BCUT2D eigenvalue weighted by atomic mass is 32.1. The van der Waals surface area contributed by atoms with E-state index in [2.05, 4.69) is 20.4 Å². The summed E-state index contributed by atoms with van der Waals surface area (Å²) in [5, 5.41) is 12.7. The maximum atomic E-state index is 13.0. The average molecular weight is 421 g/mol. The largest absolute Gasteiger partial charge is 0.349 e. The molecule has 2 bridgehead atoms. The zero-order chi connectivity index (χ0) is 20.3. The Labute approximate surface area is 169 Å². The van der Waals surface area contributed by atoms with Gasteiger partial charge in [0.05, 0.1) is 0 Å². The number of nitrogens with one attached hydrogen (secondary N) is 1. The number of pyridine rings is 1. The number of hydrogen-bond donors (Lipinski definition) is 1. The van der Waals surface area contributed by atoms with Gasteiger partial charge < -0.3 is 14.8 Å². The summed E-state index contributed by atoms with van der Waals surface area (Å²) in [5.41, 5.74) is 0.616. The number of anilines is 1.